The minimum Gasteiger partial charge on any atom is -0.337 e. The van der Waals surface area contributed by atoms with Crippen molar-refractivity contribution in [1.82, 2.24) is 5.32 Å². The van der Waals surface area contributed by atoms with E-state index in [2.05, 4.69) is 16.7 Å². The number of thioether (sulfide) groups is 1. The summed E-state index contributed by atoms with van der Waals surface area (Å²) in [5.41, 5.74) is 1.99. The number of hydrogen-bond acceptors (Lipinski definition) is 2. The highest BCUT2D eigenvalue weighted by Gasteiger charge is 2.00. The molecule has 0 heterocycles. The van der Waals surface area contributed by atoms with E-state index in [9.17, 15) is 4.79 Å². The van der Waals surface area contributed by atoms with E-state index in [0.717, 1.165) is 22.2 Å². The molecule has 0 unspecified atom stereocenters. The topological polar surface area (TPSA) is 41.1 Å². The summed E-state index contributed by atoms with van der Waals surface area (Å²) >= 11 is 7.69. The number of anilines is 1. The van der Waals surface area contributed by atoms with E-state index in [0.29, 0.717) is 6.54 Å². The third-order valence-electron chi connectivity index (χ3n) is 2.72. The summed E-state index contributed by atoms with van der Waals surface area (Å²) < 4.78 is 0. The molecule has 0 saturated heterocycles. The van der Waals surface area contributed by atoms with Gasteiger partial charge >= 0.3 is 6.03 Å². The first kappa shape index (κ1) is 15.7. The van der Waals surface area contributed by atoms with Gasteiger partial charge < -0.3 is 10.6 Å². The second kappa shape index (κ2) is 8.60. The molecule has 2 aromatic rings. The molecule has 0 spiro atoms. The van der Waals surface area contributed by atoms with Gasteiger partial charge in [-0.15, -0.1) is 0 Å². The van der Waals surface area contributed by atoms with Crippen molar-refractivity contribution >= 4 is 35.1 Å². The maximum atomic E-state index is 11.6. The lowest BCUT2D eigenvalue weighted by atomic mass is 10.2. The van der Waals surface area contributed by atoms with Gasteiger partial charge in [0.15, 0.2) is 0 Å². The Hall–Kier alpha value is -1.65. The monoisotopic (exact) mass is 320 g/mol. The standard InChI is InChI=1S/C16H17ClN2OS/c17-14-6-4-5-13(11-14)12-21-10-9-18-16(20)19-15-7-2-1-3-8-15/h1-8,11H,9-10,12H2,(H2,18,19,20). The van der Waals surface area contributed by atoms with Gasteiger partial charge in [-0.05, 0) is 29.8 Å². The molecule has 0 saturated carbocycles. The van der Waals surface area contributed by atoms with Crippen molar-refractivity contribution < 1.29 is 4.79 Å². The van der Waals surface area contributed by atoms with Crippen LogP contribution in [0.25, 0.3) is 0 Å². The van der Waals surface area contributed by atoms with E-state index >= 15 is 0 Å². The molecule has 0 aliphatic rings. The Morgan fingerprint density at radius 2 is 1.90 bits per heavy atom. The molecule has 2 N–H and O–H groups in total. The molecular weight excluding hydrogens is 304 g/mol. The fraction of sp³-hybridized carbons (Fsp3) is 0.188. The molecule has 2 rings (SSSR count). The third-order valence-corrected chi connectivity index (χ3v) is 3.99. The van der Waals surface area contributed by atoms with Crippen LogP contribution in [0.5, 0.6) is 0 Å². The molecule has 2 aromatic carbocycles. The van der Waals surface area contributed by atoms with Gasteiger partial charge in [0.2, 0.25) is 0 Å². The summed E-state index contributed by atoms with van der Waals surface area (Å²) in [7, 11) is 0. The first-order valence-electron chi connectivity index (χ1n) is 6.66. The summed E-state index contributed by atoms with van der Waals surface area (Å²) in [6.45, 7) is 0.629. The Morgan fingerprint density at radius 3 is 2.67 bits per heavy atom. The summed E-state index contributed by atoms with van der Waals surface area (Å²) in [5, 5.41) is 6.37. The van der Waals surface area contributed by atoms with Gasteiger partial charge in [-0.1, -0.05) is 41.9 Å². The Kier molecular flexibility index (Phi) is 6.44. The van der Waals surface area contributed by atoms with Gasteiger partial charge in [-0.25, -0.2) is 4.79 Å². The van der Waals surface area contributed by atoms with Gasteiger partial charge in [-0.2, -0.15) is 11.8 Å². The molecule has 0 aromatic heterocycles. The fourth-order valence-electron chi connectivity index (χ4n) is 1.75. The normalized spacial score (nSPS) is 10.1. The van der Waals surface area contributed by atoms with E-state index in [1.807, 2.05) is 48.5 Å². The van der Waals surface area contributed by atoms with Gasteiger partial charge in [0.1, 0.15) is 0 Å². The van der Waals surface area contributed by atoms with E-state index in [4.69, 9.17) is 11.6 Å². The molecule has 2 amide bonds. The van der Waals surface area contributed by atoms with Gasteiger partial charge in [0.05, 0.1) is 0 Å². The Bertz CT molecular complexity index is 577. The molecule has 0 bridgehead atoms. The molecule has 110 valence electrons. The molecule has 3 nitrogen and oxygen atoms in total. The van der Waals surface area contributed by atoms with Crippen LogP contribution in [0.3, 0.4) is 0 Å². The zero-order chi connectivity index (χ0) is 14.9. The fourth-order valence-corrected chi connectivity index (χ4v) is 2.77. The first-order valence-corrected chi connectivity index (χ1v) is 8.19. The predicted octanol–water partition coefficient (Wildman–Crippen LogP) is 4.39. The van der Waals surface area contributed by atoms with Crippen LogP contribution in [0.2, 0.25) is 5.02 Å². The summed E-state index contributed by atoms with van der Waals surface area (Å²) in [4.78, 5) is 11.6. The number of para-hydroxylation sites is 1. The van der Waals surface area contributed by atoms with Crippen LogP contribution >= 0.6 is 23.4 Å². The van der Waals surface area contributed by atoms with Crippen molar-refractivity contribution in [2.24, 2.45) is 0 Å². The van der Waals surface area contributed by atoms with Crippen molar-refractivity contribution in [3.8, 4) is 0 Å². The highest BCUT2D eigenvalue weighted by Crippen LogP contribution is 2.16. The van der Waals surface area contributed by atoms with Crippen molar-refractivity contribution in [3.63, 3.8) is 0 Å². The van der Waals surface area contributed by atoms with Crippen LogP contribution in [0.15, 0.2) is 54.6 Å². The number of carbonyl (C=O) groups is 1. The highest BCUT2D eigenvalue weighted by atomic mass is 35.5. The molecule has 21 heavy (non-hydrogen) atoms. The SMILES string of the molecule is O=C(NCCSCc1cccc(Cl)c1)Nc1ccccc1. The number of urea groups is 1. The lowest BCUT2D eigenvalue weighted by Gasteiger charge is -2.07. The summed E-state index contributed by atoms with van der Waals surface area (Å²) in [6.07, 6.45) is 0. The largest absolute Gasteiger partial charge is 0.337 e. The van der Waals surface area contributed by atoms with Crippen LogP contribution in [-0.4, -0.2) is 18.3 Å². The number of nitrogens with one attached hydrogen (secondary N) is 2. The van der Waals surface area contributed by atoms with Crippen LogP contribution in [0.4, 0.5) is 10.5 Å². The van der Waals surface area contributed by atoms with Crippen molar-refractivity contribution in [3.05, 3.63) is 65.2 Å². The molecule has 0 aliphatic heterocycles. The number of rotatable bonds is 6. The zero-order valence-electron chi connectivity index (χ0n) is 11.5. The number of amides is 2. The zero-order valence-corrected chi connectivity index (χ0v) is 13.1. The molecule has 0 aliphatic carbocycles. The van der Waals surface area contributed by atoms with Gasteiger partial charge in [-0.3, -0.25) is 0 Å². The molecule has 0 fully saturated rings. The van der Waals surface area contributed by atoms with E-state index < -0.39 is 0 Å². The second-order valence-corrected chi connectivity index (χ2v) is 5.97. The van der Waals surface area contributed by atoms with Gasteiger partial charge in [0, 0.05) is 28.8 Å². The van der Waals surface area contributed by atoms with E-state index in [-0.39, 0.29) is 6.03 Å². The Labute approximate surface area is 134 Å². The van der Waals surface area contributed by atoms with Crippen LogP contribution in [0, 0.1) is 0 Å². The molecule has 0 atom stereocenters. The van der Waals surface area contributed by atoms with Crippen molar-refractivity contribution in [1.29, 1.82) is 0 Å². The van der Waals surface area contributed by atoms with Crippen molar-refractivity contribution in [2.45, 2.75) is 5.75 Å². The molecule has 0 radical (unpaired) electrons. The highest BCUT2D eigenvalue weighted by molar-refractivity contribution is 7.98. The average Bonchev–Trinajstić information content (AvgIpc) is 2.48. The molecule has 5 heteroatoms. The van der Waals surface area contributed by atoms with Crippen LogP contribution in [-0.2, 0) is 5.75 Å². The maximum Gasteiger partial charge on any atom is 0.319 e. The number of benzene rings is 2. The van der Waals surface area contributed by atoms with Crippen LogP contribution in [0.1, 0.15) is 5.56 Å². The number of halogens is 1. The summed E-state index contributed by atoms with van der Waals surface area (Å²) in [5.74, 6) is 1.75. The maximum absolute atomic E-state index is 11.6. The number of hydrogen-bond donors (Lipinski definition) is 2. The first-order chi connectivity index (χ1) is 10.2. The van der Waals surface area contributed by atoms with E-state index in [1.54, 1.807) is 11.8 Å². The second-order valence-electron chi connectivity index (χ2n) is 4.43. The van der Waals surface area contributed by atoms with Crippen LogP contribution < -0.4 is 10.6 Å². The van der Waals surface area contributed by atoms with E-state index in [1.165, 1.54) is 5.56 Å². The lowest BCUT2D eigenvalue weighted by Crippen LogP contribution is -2.30. The smallest absolute Gasteiger partial charge is 0.319 e. The summed E-state index contributed by atoms with van der Waals surface area (Å²) in [6, 6.07) is 17.0. The lowest BCUT2D eigenvalue weighted by molar-refractivity contribution is 0.252. The minimum atomic E-state index is -0.176. The third kappa shape index (κ3) is 6.10. The van der Waals surface area contributed by atoms with Crippen molar-refractivity contribution in [2.75, 3.05) is 17.6 Å². The number of carbonyl (C=O) groups excluding carboxylic acids is 1. The minimum absolute atomic E-state index is 0.176. The quantitative estimate of drug-likeness (QED) is 0.775. The Morgan fingerprint density at radius 1 is 1.10 bits per heavy atom. The Balaban J connectivity index is 1.60. The molecular formula is C16H17ClN2OS. The van der Waals surface area contributed by atoms with Gasteiger partial charge in [0.25, 0.3) is 0 Å². The average molecular weight is 321 g/mol. The predicted molar refractivity (Wildman–Crippen MR) is 91.1 cm³/mol.